The van der Waals surface area contributed by atoms with Crippen molar-refractivity contribution in [3.05, 3.63) is 42.7 Å². The van der Waals surface area contributed by atoms with Crippen LogP contribution in [0.15, 0.2) is 42.7 Å². The van der Waals surface area contributed by atoms with Crippen molar-refractivity contribution in [3.63, 3.8) is 0 Å². The van der Waals surface area contributed by atoms with Gasteiger partial charge in [-0.2, -0.15) is 0 Å². The molecule has 0 aliphatic carbocycles. The van der Waals surface area contributed by atoms with E-state index in [0.29, 0.717) is 30.3 Å². The second kappa shape index (κ2) is 8.42. The third-order valence-electron chi connectivity index (χ3n) is 4.31. The van der Waals surface area contributed by atoms with Crippen LogP contribution in [0.1, 0.15) is 12.8 Å². The molecule has 2 aromatic rings. The molecule has 1 aliphatic rings. The molecule has 1 aromatic heterocycles. The zero-order valence-corrected chi connectivity index (χ0v) is 15.0. The molecule has 1 aromatic carbocycles. The number of nitrogens with zero attached hydrogens (tertiary/aromatic N) is 2. The molecule has 1 aliphatic heterocycles. The van der Waals surface area contributed by atoms with Gasteiger partial charge < -0.3 is 24.4 Å². The van der Waals surface area contributed by atoms with E-state index in [1.54, 1.807) is 43.6 Å². The van der Waals surface area contributed by atoms with E-state index in [9.17, 15) is 4.79 Å². The van der Waals surface area contributed by atoms with E-state index < -0.39 is 0 Å². The number of benzene rings is 1. The average Bonchev–Trinajstić information content (AvgIpc) is 2.69. The Morgan fingerprint density at radius 3 is 2.62 bits per heavy atom. The summed E-state index contributed by atoms with van der Waals surface area (Å²) < 4.78 is 16.5. The Morgan fingerprint density at radius 2 is 1.96 bits per heavy atom. The van der Waals surface area contributed by atoms with Gasteiger partial charge in [-0.15, -0.1) is 0 Å². The van der Waals surface area contributed by atoms with Crippen LogP contribution in [-0.2, 0) is 0 Å². The molecule has 0 spiro atoms. The van der Waals surface area contributed by atoms with Crippen molar-refractivity contribution in [1.82, 2.24) is 9.88 Å². The molecule has 0 atom stereocenters. The lowest BCUT2D eigenvalue weighted by Crippen LogP contribution is -2.43. The lowest BCUT2D eigenvalue weighted by Gasteiger charge is -2.32. The largest absolute Gasteiger partial charge is 0.493 e. The normalized spacial score (nSPS) is 14.6. The second-order valence-corrected chi connectivity index (χ2v) is 5.96. The number of hydrogen-bond acceptors (Lipinski definition) is 5. The minimum Gasteiger partial charge on any atom is -0.493 e. The van der Waals surface area contributed by atoms with Crippen LogP contribution in [0.4, 0.5) is 10.5 Å². The molecule has 138 valence electrons. The molecule has 7 heteroatoms. The summed E-state index contributed by atoms with van der Waals surface area (Å²) in [6.45, 7) is 1.26. The topological polar surface area (TPSA) is 72.9 Å². The molecular formula is C19H23N3O4. The van der Waals surface area contributed by atoms with Crippen LogP contribution < -0.4 is 19.5 Å². The number of nitrogens with one attached hydrogen (secondary N) is 1. The maximum absolute atomic E-state index is 12.6. The molecule has 0 bridgehead atoms. The number of carbonyl (C=O) groups is 1. The number of anilines is 1. The van der Waals surface area contributed by atoms with Crippen LogP contribution in [0, 0.1) is 0 Å². The number of piperidine rings is 1. The van der Waals surface area contributed by atoms with E-state index in [-0.39, 0.29) is 12.1 Å². The monoisotopic (exact) mass is 357 g/mol. The number of aromatic nitrogens is 1. The Labute approximate surface area is 152 Å². The van der Waals surface area contributed by atoms with Crippen molar-refractivity contribution in [2.75, 3.05) is 32.6 Å². The SMILES string of the molecule is COc1cccc(NC(=O)N2CCC(Oc3cccnc3)CC2)c1OC. The molecule has 2 amide bonds. The van der Waals surface area contributed by atoms with Gasteiger partial charge in [-0.3, -0.25) is 4.98 Å². The standard InChI is InChI=1S/C19H23N3O4/c1-24-17-7-3-6-16(18(17)25-2)21-19(23)22-11-8-14(9-12-22)26-15-5-4-10-20-13-15/h3-7,10,13-14H,8-9,11-12H2,1-2H3,(H,21,23). The first-order valence-corrected chi connectivity index (χ1v) is 8.55. The van der Waals surface area contributed by atoms with E-state index in [2.05, 4.69) is 10.3 Å². The fraction of sp³-hybridized carbons (Fsp3) is 0.368. The molecule has 1 fully saturated rings. The Morgan fingerprint density at radius 1 is 1.15 bits per heavy atom. The van der Waals surface area contributed by atoms with Crippen molar-refractivity contribution < 1.29 is 19.0 Å². The smallest absolute Gasteiger partial charge is 0.321 e. The van der Waals surface area contributed by atoms with Crippen molar-refractivity contribution in [2.24, 2.45) is 0 Å². The minimum atomic E-state index is -0.156. The fourth-order valence-electron chi connectivity index (χ4n) is 2.97. The number of urea groups is 1. The zero-order valence-electron chi connectivity index (χ0n) is 15.0. The summed E-state index contributed by atoms with van der Waals surface area (Å²) in [7, 11) is 3.12. The van der Waals surface area contributed by atoms with E-state index in [1.807, 2.05) is 18.2 Å². The number of pyridine rings is 1. The molecule has 26 heavy (non-hydrogen) atoms. The number of likely N-dealkylation sites (tertiary alicyclic amines) is 1. The Bertz CT molecular complexity index is 731. The second-order valence-electron chi connectivity index (χ2n) is 5.96. The summed E-state index contributed by atoms with van der Waals surface area (Å²) in [5.74, 6) is 1.85. The first-order valence-electron chi connectivity index (χ1n) is 8.55. The van der Waals surface area contributed by atoms with Crippen molar-refractivity contribution in [2.45, 2.75) is 18.9 Å². The summed E-state index contributed by atoms with van der Waals surface area (Å²) in [4.78, 5) is 18.4. The Balaban J connectivity index is 1.56. The number of carbonyl (C=O) groups excluding carboxylic acids is 1. The molecule has 1 saturated heterocycles. The molecule has 3 rings (SSSR count). The molecule has 7 nitrogen and oxygen atoms in total. The minimum absolute atomic E-state index is 0.0922. The van der Waals surface area contributed by atoms with Crippen LogP contribution in [0.3, 0.4) is 0 Å². The Kier molecular flexibility index (Phi) is 5.78. The van der Waals surface area contributed by atoms with Gasteiger partial charge >= 0.3 is 6.03 Å². The number of amides is 2. The van der Waals surface area contributed by atoms with Crippen LogP contribution in [0.5, 0.6) is 17.2 Å². The first-order chi connectivity index (χ1) is 12.7. The van der Waals surface area contributed by atoms with Crippen molar-refractivity contribution in [3.8, 4) is 17.2 Å². The van der Waals surface area contributed by atoms with E-state index in [0.717, 1.165) is 18.6 Å². The third kappa shape index (κ3) is 4.17. The van der Waals surface area contributed by atoms with Gasteiger partial charge in [-0.05, 0) is 24.3 Å². The molecular weight excluding hydrogens is 334 g/mol. The maximum atomic E-state index is 12.6. The third-order valence-corrected chi connectivity index (χ3v) is 4.31. The quantitative estimate of drug-likeness (QED) is 0.890. The fourth-order valence-corrected chi connectivity index (χ4v) is 2.97. The van der Waals surface area contributed by atoms with Gasteiger partial charge in [-0.25, -0.2) is 4.79 Å². The number of methoxy groups -OCH3 is 2. The highest BCUT2D eigenvalue weighted by Gasteiger charge is 2.25. The predicted molar refractivity (Wildman–Crippen MR) is 98.0 cm³/mol. The van der Waals surface area contributed by atoms with E-state index in [4.69, 9.17) is 14.2 Å². The van der Waals surface area contributed by atoms with Crippen molar-refractivity contribution in [1.29, 1.82) is 0 Å². The number of para-hydroxylation sites is 1. The number of ether oxygens (including phenoxy) is 3. The van der Waals surface area contributed by atoms with Gasteiger partial charge in [0.15, 0.2) is 11.5 Å². The lowest BCUT2D eigenvalue weighted by molar-refractivity contribution is 0.115. The highest BCUT2D eigenvalue weighted by atomic mass is 16.5. The van der Waals surface area contributed by atoms with Crippen molar-refractivity contribution >= 4 is 11.7 Å². The highest BCUT2D eigenvalue weighted by Crippen LogP contribution is 2.35. The van der Waals surface area contributed by atoms with E-state index in [1.165, 1.54) is 0 Å². The van der Waals surface area contributed by atoms with Gasteiger partial charge in [-0.1, -0.05) is 6.07 Å². The van der Waals surface area contributed by atoms with Gasteiger partial charge in [0.2, 0.25) is 0 Å². The summed E-state index contributed by atoms with van der Waals surface area (Å²) >= 11 is 0. The summed E-state index contributed by atoms with van der Waals surface area (Å²) in [6.07, 6.45) is 5.06. The summed E-state index contributed by atoms with van der Waals surface area (Å²) in [6, 6.07) is 8.97. The first kappa shape index (κ1) is 17.8. The lowest BCUT2D eigenvalue weighted by atomic mass is 10.1. The number of hydrogen-bond donors (Lipinski definition) is 1. The summed E-state index contributed by atoms with van der Waals surface area (Å²) in [5.41, 5.74) is 0.589. The van der Waals surface area contributed by atoms with Crippen LogP contribution >= 0.6 is 0 Å². The molecule has 1 N–H and O–H groups in total. The van der Waals surface area contributed by atoms with Crippen LogP contribution in [-0.4, -0.2) is 49.3 Å². The average molecular weight is 357 g/mol. The molecule has 0 saturated carbocycles. The molecule has 0 unspecified atom stereocenters. The van der Waals surface area contributed by atoms with Gasteiger partial charge in [0.05, 0.1) is 26.1 Å². The molecule has 2 heterocycles. The Hall–Kier alpha value is -2.96. The predicted octanol–water partition coefficient (Wildman–Crippen LogP) is 3.17. The van der Waals surface area contributed by atoms with Crippen LogP contribution in [0.2, 0.25) is 0 Å². The summed E-state index contributed by atoms with van der Waals surface area (Å²) in [5, 5.41) is 2.90. The highest BCUT2D eigenvalue weighted by molar-refractivity contribution is 5.91. The van der Waals surface area contributed by atoms with Crippen LogP contribution in [0.25, 0.3) is 0 Å². The van der Waals surface area contributed by atoms with Gasteiger partial charge in [0, 0.05) is 32.1 Å². The van der Waals surface area contributed by atoms with E-state index >= 15 is 0 Å². The van der Waals surface area contributed by atoms with Gasteiger partial charge in [0.25, 0.3) is 0 Å². The number of rotatable bonds is 5. The molecule has 0 radical (unpaired) electrons. The van der Waals surface area contributed by atoms with Gasteiger partial charge in [0.1, 0.15) is 11.9 Å². The maximum Gasteiger partial charge on any atom is 0.321 e. The zero-order chi connectivity index (χ0) is 18.4.